The van der Waals surface area contributed by atoms with Crippen molar-refractivity contribution in [1.29, 1.82) is 0 Å². The molecular formula is C14H13BrFNO2S. The van der Waals surface area contributed by atoms with Crippen LogP contribution in [0.3, 0.4) is 0 Å². The first-order chi connectivity index (χ1) is 9.38. The second kappa shape index (κ2) is 6.01. The predicted octanol–water partition coefficient (Wildman–Crippen LogP) is 4.61. The highest BCUT2D eigenvalue weighted by atomic mass is 79.9. The SMILES string of the molecule is CC(C)Cc1nc(-c2ccc(F)c(Br)c2)sc1C(=O)O. The summed E-state index contributed by atoms with van der Waals surface area (Å²) in [5.41, 5.74) is 1.30. The minimum atomic E-state index is -0.967. The first-order valence-electron chi connectivity index (χ1n) is 6.07. The lowest BCUT2D eigenvalue weighted by molar-refractivity contribution is 0.0700. The third-order valence-corrected chi connectivity index (χ3v) is 4.40. The molecule has 0 spiro atoms. The summed E-state index contributed by atoms with van der Waals surface area (Å²) < 4.78 is 13.6. The van der Waals surface area contributed by atoms with E-state index in [0.717, 1.165) is 11.3 Å². The van der Waals surface area contributed by atoms with Gasteiger partial charge in [0.1, 0.15) is 15.7 Å². The normalized spacial score (nSPS) is 11.1. The van der Waals surface area contributed by atoms with E-state index in [9.17, 15) is 14.3 Å². The molecule has 3 nitrogen and oxygen atoms in total. The number of nitrogens with zero attached hydrogens (tertiary/aromatic N) is 1. The number of halogens is 2. The molecule has 0 saturated heterocycles. The zero-order valence-corrected chi connectivity index (χ0v) is 13.4. The third kappa shape index (κ3) is 3.24. The fourth-order valence-electron chi connectivity index (χ4n) is 1.80. The number of rotatable bonds is 4. The van der Waals surface area contributed by atoms with Gasteiger partial charge in [-0.3, -0.25) is 0 Å². The zero-order chi connectivity index (χ0) is 14.9. The van der Waals surface area contributed by atoms with Crippen LogP contribution < -0.4 is 0 Å². The molecule has 0 amide bonds. The minimum absolute atomic E-state index is 0.258. The quantitative estimate of drug-likeness (QED) is 0.869. The largest absolute Gasteiger partial charge is 0.477 e. The standard InChI is InChI=1S/C14H13BrFNO2S/c1-7(2)5-11-12(14(18)19)20-13(17-11)8-3-4-10(16)9(15)6-8/h3-4,6-7H,5H2,1-2H3,(H,18,19). The summed E-state index contributed by atoms with van der Waals surface area (Å²) in [4.78, 5) is 15.9. The summed E-state index contributed by atoms with van der Waals surface area (Å²) in [7, 11) is 0. The number of carboxylic acid groups (broad SMARTS) is 1. The van der Waals surface area contributed by atoms with Gasteiger partial charge in [-0.1, -0.05) is 13.8 Å². The van der Waals surface area contributed by atoms with E-state index in [4.69, 9.17) is 0 Å². The van der Waals surface area contributed by atoms with Crippen molar-refractivity contribution in [2.24, 2.45) is 5.92 Å². The van der Waals surface area contributed by atoms with Gasteiger partial charge in [0.15, 0.2) is 0 Å². The smallest absolute Gasteiger partial charge is 0.347 e. The molecule has 1 N–H and O–H groups in total. The predicted molar refractivity (Wildman–Crippen MR) is 80.7 cm³/mol. The van der Waals surface area contributed by atoms with E-state index in [0.29, 0.717) is 33.1 Å². The number of aromatic carboxylic acids is 1. The fourth-order valence-corrected chi connectivity index (χ4v) is 3.10. The van der Waals surface area contributed by atoms with Gasteiger partial charge in [0.05, 0.1) is 10.2 Å². The second-order valence-corrected chi connectivity index (χ2v) is 6.68. The molecule has 6 heteroatoms. The average Bonchev–Trinajstić information content (AvgIpc) is 2.76. The van der Waals surface area contributed by atoms with Gasteiger partial charge < -0.3 is 5.11 Å². The van der Waals surface area contributed by atoms with Crippen molar-refractivity contribution in [2.75, 3.05) is 0 Å². The van der Waals surface area contributed by atoms with Crippen molar-refractivity contribution in [3.05, 3.63) is 39.1 Å². The van der Waals surface area contributed by atoms with Crippen molar-refractivity contribution >= 4 is 33.2 Å². The van der Waals surface area contributed by atoms with E-state index >= 15 is 0 Å². The number of hydrogen-bond acceptors (Lipinski definition) is 3. The average molecular weight is 358 g/mol. The number of hydrogen-bond donors (Lipinski definition) is 1. The number of carboxylic acids is 1. The topological polar surface area (TPSA) is 50.2 Å². The van der Waals surface area contributed by atoms with Gasteiger partial charge >= 0.3 is 5.97 Å². The highest BCUT2D eigenvalue weighted by Crippen LogP contribution is 2.31. The van der Waals surface area contributed by atoms with Gasteiger partial charge in [-0.15, -0.1) is 11.3 Å². The fraction of sp³-hybridized carbons (Fsp3) is 0.286. The Morgan fingerprint density at radius 2 is 2.20 bits per heavy atom. The van der Waals surface area contributed by atoms with E-state index in [2.05, 4.69) is 20.9 Å². The van der Waals surface area contributed by atoms with Crippen molar-refractivity contribution in [3.63, 3.8) is 0 Å². The molecular weight excluding hydrogens is 345 g/mol. The van der Waals surface area contributed by atoms with Gasteiger partial charge in [0, 0.05) is 5.56 Å². The Kier molecular flexibility index (Phi) is 4.55. The number of thiazole rings is 1. The number of benzene rings is 1. The van der Waals surface area contributed by atoms with Gasteiger partial charge in [0.2, 0.25) is 0 Å². The molecule has 0 aliphatic heterocycles. The molecule has 2 rings (SSSR count). The Morgan fingerprint density at radius 3 is 2.75 bits per heavy atom. The molecule has 106 valence electrons. The van der Waals surface area contributed by atoms with Crippen LogP contribution in [-0.4, -0.2) is 16.1 Å². The summed E-state index contributed by atoms with van der Waals surface area (Å²) in [6.45, 7) is 4.03. The minimum Gasteiger partial charge on any atom is -0.477 e. The highest BCUT2D eigenvalue weighted by molar-refractivity contribution is 9.10. The molecule has 1 aromatic carbocycles. The monoisotopic (exact) mass is 357 g/mol. The Bertz CT molecular complexity index is 655. The van der Waals surface area contributed by atoms with Gasteiger partial charge in [-0.2, -0.15) is 0 Å². The lowest BCUT2D eigenvalue weighted by atomic mass is 10.1. The van der Waals surface area contributed by atoms with Crippen molar-refractivity contribution in [3.8, 4) is 10.6 Å². The van der Waals surface area contributed by atoms with Crippen LogP contribution >= 0.6 is 27.3 Å². The van der Waals surface area contributed by atoms with Crippen LogP contribution in [0.15, 0.2) is 22.7 Å². The van der Waals surface area contributed by atoms with Gasteiger partial charge in [-0.05, 0) is 46.5 Å². The summed E-state index contributed by atoms with van der Waals surface area (Å²) in [5.74, 6) is -1.00. The van der Waals surface area contributed by atoms with Crippen LogP contribution in [0.4, 0.5) is 4.39 Å². The number of aromatic nitrogens is 1. The van der Waals surface area contributed by atoms with Gasteiger partial charge in [-0.25, -0.2) is 14.2 Å². The highest BCUT2D eigenvalue weighted by Gasteiger charge is 2.19. The molecule has 0 aliphatic carbocycles. The van der Waals surface area contributed by atoms with Crippen molar-refractivity contribution < 1.29 is 14.3 Å². The zero-order valence-electron chi connectivity index (χ0n) is 11.0. The van der Waals surface area contributed by atoms with E-state index in [1.807, 2.05) is 13.8 Å². The van der Waals surface area contributed by atoms with Crippen LogP contribution in [0, 0.1) is 11.7 Å². The number of carbonyl (C=O) groups is 1. The maximum absolute atomic E-state index is 13.2. The molecule has 0 fully saturated rings. The van der Waals surface area contributed by atoms with E-state index in [1.165, 1.54) is 6.07 Å². The first kappa shape index (κ1) is 15.1. The Balaban J connectivity index is 2.46. The maximum atomic E-state index is 13.2. The molecule has 0 bridgehead atoms. The first-order valence-corrected chi connectivity index (χ1v) is 7.68. The van der Waals surface area contributed by atoms with Crippen molar-refractivity contribution in [1.82, 2.24) is 4.98 Å². The van der Waals surface area contributed by atoms with Crippen LogP contribution in [-0.2, 0) is 6.42 Å². The van der Waals surface area contributed by atoms with E-state index < -0.39 is 5.97 Å². The van der Waals surface area contributed by atoms with E-state index in [1.54, 1.807) is 12.1 Å². The maximum Gasteiger partial charge on any atom is 0.347 e. The Morgan fingerprint density at radius 1 is 1.50 bits per heavy atom. The molecule has 1 aromatic heterocycles. The molecule has 0 atom stereocenters. The summed E-state index contributed by atoms with van der Waals surface area (Å²) >= 11 is 4.25. The van der Waals surface area contributed by atoms with Crippen LogP contribution in [0.1, 0.15) is 29.2 Å². The lowest BCUT2D eigenvalue weighted by Gasteiger charge is -2.01. The third-order valence-electron chi connectivity index (χ3n) is 2.66. The van der Waals surface area contributed by atoms with E-state index in [-0.39, 0.29) is 10.7 Å². The molecule has 0 saturated carbocycles. The second-order valence-electron chi connectivity index (χ2n) is 4.83. The lowest BCUT2D eigenvalue weighted by Crippen LogP contribution is -2.02. The molecule has 20 heavy (non-hydrogen) atoms. The Labute approximate surface area is 128 Å². The summed E-state index contributed by atoms with van der Waals surface area (Å²) in [6.07, 6.45) is 0.612. The Hall–Kier alpha value is -1.27. The van der Waals surface area contributed by atoms with Crippen LogP contribution in [0.25, 0.3) is 10.6 Å². The molecule has 0 radical (unpaired) electrons. The van der Waals surface area contributed by atoms with Crippen LogP contribution in [0.2, 0.25) is 0 Å². The molecule has 1 heterocycles. The van der Waals surface area contributed by atoms with Crippen molar-refractivity contribution in [2.45, 2.75) is 20.3 Å². The molecule has 2 aromatic rings. The van der Waals surface area contributed by atoms with Gasteiger partial charge in [0.25, 0.3) is 0 Å². The summed E-state index contributed by atoms with van der Waals surface area (Å²) in [6, 6.07) is 4.55. The van der Waals surface area contributed by atoms with Crippen LogP contribution in [0.5, 0.6) is 0 Å². The molecule has 0 unspecified atom stereocenters. The summed E-state index contributed by atoms with van der Waals surface area (Å²) in [5, 5.41) is 9.83. The molecule has 0 aliphatic rings.